The second-order valence-corrected chi connectivity index (χ2v) is 3.01. The predicted molar refractivity (Wildman–Crippen MR) is 51.1 cm³/mol. The fourth-order valence-electron chi connectivity index (χ4n) is 0.653. The van der Waals surface area contributed by atoms with Gasteiger partial charge in [-0.15, -0.1) is 0 Å². The van der Waals surface area contributed by atoms with E-state index in [2.05, 4.69) is 32.3 Å². The minimum absolute atomic E-state index is 0.926. The fraction of sp³-hybridized carbons (Fsp3) is 0.400. The largest absolute Gasteiger partial charge is 0.360 e. The van der Waals surface area contributed by atoms with Crippen molar-refractivity contribution < 1.29 is 0 Å². The Morgan fingerprint density at radius 3 is 1.73 bits per heavy atom. The van der Waals surface area contributed by atoms with Gasteiger partial charge in [0.05, 0.1) is 0 Å². The maximum Gasteiger partial charge on any atom is 0.0337 e. The highest BCUT2D eigenvalue weighted by atomic mass is 14.9. The van der Waals surface area contributed by atoms with Crippen molar-refractivity contribution in [3.05, 3.63) is 35.7 Å². The van der Waals surface area contributed by atoms with E-state index in [1.807, 2.05) is 13.8 Å². The second kappa shape index (κ2) is 4.02. The quantitative estimate of drug-likeness (QED) is 0.611. The molecule has 1 N–H and O–H groups in total. The van der Waals surface area contributed by atoms with Gasteiger partial charge in [-0.3, -0.25) is 0 Å². The molecule has 62 valence electrons. The molecule has 0 aliphatic rings. The van der Waals surface area contributed by atoms with Crippen LogP contribution in [0.4, 0.5) is 0 Å². The molecule has 0 aliphatic heterocycles. The maximum absolute atomic E-state index is 3.89. The molecule has 0 aromatic carbocycles. The predicted octanol–water partition coefficient (Wildman–Crippen LogP) is 2.98. The summed E-state index contributed by atoms with van der Waals surface area (Å²) in [6, 6.07) is 0. The molecule has 0 heterocycles. The molecule has 0 unspecified atom stereocenters. The lowest BCUT2D eigenvalue weighted by Gasteiger charge is -2.10. The van der Waals surface area contributed by atoms with Crippen LogP contribution in [0.3, 0.4) is 0 Å². The van der Waals surface area contributed by atoms with Gasteiger partial charge in [-0.2, -0.15) is 0 Å². The van der Waals surface area contributed by atoms with Gasteiger partial charge in [0.25, 0.3) is 0 Å². The van der Waals surface area contributed by atoms with Crippen molar-refractivity contribution in [3.8, 4) is 0 Å². The zero-order valence-electron chi connectivity index (χ0n) is 7.91. The van der Waals surface area contributed by atoms with E-state index in [0.717, 1.165) is 11.4 Å². The van der Waals surface area contributed by atoms with Crippen molar-refractivity contribution in [2.45, 2.75) is 27.7 Å². The highest BCUT2D eigenvalue weighted by molar-refractivity contribution is 5.30. The molecular weight excluding hydrogens is 134 g/mol. The molecular formula is C10H17N. The normalized spacial score (nSPS) is 8.73. The van der Waals surface area contributed by atoms with Crippen LogP contribution in [0.1, 0.15) is 27.7 Å². The fourth-order valence-corrected chi connectivity index (χ4v) is 0.653. The number of nitrogens with one attached hydrogen (secondary N) is 1. The van der Waals surface area contributed by atoms with Gasteiger partial charge in [-0.25, -0.2) is 0 Å². The van der Waals surface area contributed by atoms with Crippen LogP contribution in [0, 0.1) is 0 Å². The van der Waals surface area contributed by atoms with Crippen molar-refractivity contribution >= 4 is 0 Å². The summed E-state index contributed by atoms with van der Waals surface area (Å²) >= 11 is 0. The molecule has 0 aliphatic carbocycles. The molecule has 0 bridgehead atoms. The van der Waals surface area contributed by atoms with E-state index < -0.39 is 0 Å². The van der Waals surface area contributed by atoms with Crippen LogP contribution in [0.5, 0.6) is 0 Å². The molecule has 0 saturated heterocycles. The standard InChI is InChI=1S/C10H17N/c1-7(2)9(5)10(6)11-8(3)4/h11H,3,6H2,1-2,4-5H3. The molecule has 0 amide bonds. The van der Waals surface area contributed by atoms with Crippen molar-refractivity contribution in [3.63, 3.8) is 0 Å². The molecule has 1 nitrogen and oxygen atoms in total. The Balaban J connectivity index is 4.28. The van der Waals surface area contributed by atoms with Gasteiger partial charge >= 0.3 is 0 Å². The van der Waals surface area contributed by atoms with Gasteiger partial charge in [0.15, 0.2) is 0 Å². The molecule has 0 rings (SSSR count). The van der Waals surface area contributed by atoms with E-state index in [1.54, 1.807) is 0 Å². The number of allylic oxidation sites excluding steroid dienone is 3. The maximum atomic E-state index is 3.89. The van der Waals surface area contributed by atoms with Crippen molar-refractivity contribution in [1.29, 1.82) is 0 Å². The smallest absolute Gasteiger partial charge is 0.0337 e. The molecule has 0 radical (unpaired) electrons. The van der Waals surface area contributed by atoms with Gasteiger partial charge in [0.2, 0.25) is 0 Å². The molecule has 1 heteroatoms. The summed E-state index contributed by atoms with van der Waals surface area (Å²) in [4.78, 5) is 0. The highest BCUT2D eigenvalue weighted by Gasteiger charge is 1.96. The molecule has 0 atom stereocenters. The van der Waals surface area contributed by atoms with Crippen molar-refractivity contribution in [2.75, 3.05) is 0 Å². The van der Waals surface area contributed by atoms with Gasteiger partial charge in [-0.05, 0) is 33.3 Å². The first-order chi connectivity index (χ1) is 4.95. The topological polar surface area (TPSA) is 12.0 Å². The Morgan fingerprint density at radius 2 is 1.45 bits per heavy atom. The minimum Gasteiger partial charge on any atom is -0.360 e. The molecule has 0 aromatic heterocycles. The third-order valence-electron chi connectivity index (χ3n) is 1.57. The van der Waals surface area contributed by atoms with Gasteiger partial charge in [-0.1, -0.05) is 18.7 Å². The van der Waals surface area contributed by atoms with Crippen LogP contribution in [0.25, 0.3) is 0 Å². The van der Waals surface area contributed by atoms with E-state index >= 15 is 0 Å². The lowest BCUT2D eigenvalue weighted by molar-refractivity contribution is 0.978. The van der Waals surface area contributed by atoms with Crippen LogP contribution < -0.4 is 5.32 Å². The minimum atomic E-state index is 0.926. The van der Waals surface area contributed by atoms with Crippen molar-refractivity contribution in [2.24, 2.45) is 0 Å². The van der Waals surface area contributed by atoms with Crippen LogP contribution in [0.15, 0.2) is 35.7 Å². The molecule has 0 spiro atoms. The Bertz CT molecular complexity index is 205. The molecule has 0 fully saturated rings. The van der Waals surface area contributed by atoms with Gasteiger partial charge in [0, 0.05) is 11.4 Å². The summed E-state index contributed by atoms with van der Waals surface area (Å²) in [5, 5.41) is 3.08. The summed E-state index contributed by atoms with van der Waals surface area (Å²) in [5.41, 5.74) is 4.35. The van der Waals surface area contributed by atoms with E-state index in [-0.39, 0.29) is 0 Å². The summed E-state index contributed by atoms with van der Waals surface area (Å²) in [6.45, 7) is 15.7. The Kier molecular flexibility index (Phi) is 3.66. The summed E-state index contributed by atoms with van der Waals surface area (Å²) in [6.07, 6.45) is 0. The third kappa shape index (κ3) is 3.66. The van der Waals surface area contributed by atoms with Crippen LogP contribution in [-0.4, -0.2) is 0 Å². The zero-order valence-corrected chi connectivity index (χ0v) is 7.91. The number of rotatable bonds is 3. The van der Waals surface area contributed by atoms with E-state index in [1.165, 1.54) is 11.1 Å². The van der Waals surface area contributed by atoms with Crippen LogP contribution in [-0.2, 0) is 0 Å². The first kappa shape index (κ1) is 10.0. The lowest BCUT2D eigenvalue weighted by atomic mass is 10.1. The monoisotopic (exact) mass is 151 g/mol. The summed E-state index contributed by atoms with van der Waals surface area (Å²) in [7, 11) is 0. The Hall–Kier alpha value is -0.980. The first-order valence-electron chi connectivity index (χ1n) is 3.71. The Morgan fingerprint density at radius 1 is 1.00 bits per heavy atom. The van der Waals surface area contributed by atoms with Crippen molar-refractivity contribution in [1.82, 2.24) is 5.32 Å². The van der Waals surface area contributed by atoms with Gasteiger partial charge in [0.1, 0.15) is 0 Å². The zero-order chi connectivity index (χ0) is 9.02. The van der Waals surface area contributed by atoms with Crippen LogP contribution in [0.2, 0.25) is 0 Å². The molecule has 0 aromatic rings. The highest BCUT2D eigenvalue weighted by Crippen LogP contribution is 2.09. The van der Waals surface area contributed by atoms with E-state index in [0.29, 0.717) is 0 Å². The van der Waals surface area contributed by atoms with E-state index in [4.69, 9.17) is 0 Å². The second-order valence-electron chi connectivity index (χ2n) is 3.01. The number of hydrogen-bond donors (Lipinski definition) is 1. The summed E-state index contributed by atoms with van der Waals surface area (Å²) < 4.78 is 0. The number of hydrogen-bond acceptors (Lipinski definition) is 1. The Labute approximate surface area is 69.5 Å². The first-order valence-corrected chi connectivity index (χ1v) is 3.71. The van der Waals surface area contributed by atoms with Gasteiger partial charge < -0.3 is 5.32 Å². The average molecular weight is 151 g/mol. The summed E-state index contributed by atoms with van der Waals surface area (Å²) in [5.74, 6) is 0. The lowest BCUT2D eigenvalue weighted by Crippen LogP contribution is -2.09. The third-order valence-corrected chi connectivity index (χ3v) is 1.57. The van der Waals surface area contributed by atoms with Crippen LogP contribution >= 0.6 is 0 Å². The SMILES string of the molecule is C=C(C)NC(=C)C(C)=C(C)C. The van der Waals surface area contributed by atoms with E-state index in [9.17, 15) is 0 Å². The molecule has 0 saturated carbocycles. The average Bonchev–Trinajstić information content (AvgIpc) is 1.84. The molecule has 11 heavy (non-hydrogen) atoms.